The Balaban J connectivity index is 2.00. The van der Waals surface area contributed by atoms with Gasteiger partial charge in [0.15, 0.2) is 6.20 Å². The van der Waals surface area contributed by atoms with E-state index in [1.54, 1.807) is 11.3 Å². The molecule has 2 nitrogen and oxygen atoms in total. The zero-order chi connectivity index (χ0) is 15.8. The van der Waals surface area contributed by atoms with Crippen molar-refractivity contribution in [1.29, 1.82) is 0 Å². The summed E-state index contributed by atoms with van der Waals surface area (Å²) in [5.74, 6) is 0. The van der Waals surface area contributed by atoms with Crippen LogP contribution in [0.5, 0.6) is 0 Å². The molecule has 0 atom stereocenters. The first-order chi connectivity index (χ1) is 11.2. The average Bonchev–Trinajstić information content (AvgIpc) is 3.01. The molecule has 112 valence electrons. The molecule has 0 amide bonds. The molecule has 4 aromatic rings. The molecule has 3 heteroatoms. The van der Waals surface area contributed by atoms with Gasteiger partial charge in [-0.05, 0) is 18.6 Å². The molecule has 0 aliphatic heterocycles. The molecule has 0 bridgehead atoms. The normalized spacial score (nSPS) is 11.0. The summed E-state index contributed by atoms with van der Waals surface area (Å²) in [6.45, 7) is 2.16. The van der Waals surface area contributed by atoms with Gasteiger partial charge in [0.2, 0.25) is 5.69 Å². The molecule has 0 unspecified atom stereocenters. The van der Waals surface area contributed by atoms with E-state index in [2.05, 4.69) is 79.3 Å². The fraction of sp³-hybridized carbons (Fsp3) is 0.100. The predicted octanol–water partition coefficient (Wildman–Crippen LogP) is 4.76. The van der Waals surface area contributed by atoms with Gasteiger partial charge in [-0.3, -0.25) is 0 Å². The van der Waals surface area contributed by atoms with E-state index in [0.29, 0.717) is 0 Å². The monoisotopic (exact) mass is 317 g/mol. The van der Waals surface area contributed by atoms with Crippen molar-refractivity contribution in [1.82, 2.24) is 4.98 Å². The number of fused-ring (bicyclic) bond motifs is 1. The Morgan fingerprint density at radius 3 is 2.43 bits per heavy atom. The van der Waals surface area contributed by atoms with Crippen LogP contribution < -0.4 is 4.57 Å². The Labute approximate surface area is 139 Å². The summed E-state index contributed by atoms with van der Waals surface area (Å²) in [7, 11) is 2.10. The topological polar surface area (TPSA) is 16.8 Å². The lowest BCUT2D eigenvalue weighted by Gasteiger charge is -2.04. The van der Waals surface area contributed by atoms with Gasteiger partial charge in [-0.2, -0.15) is 4.57 Å². The molecule has 4 rings (SSSR count). The molecule has 0 N–H and O–H groups in total. The van der Waals surface area contributed by atoms with Crippen molar-refractivity contribution in [3.63, 3.8) is 0 Å². The third-order valence-electron chi connectivity index (χ3n) is 4.10. The largest absolute Gasteiger partial charge is 0.236 e. The second kappa shape index (κ2) is 5.60. The summed E-state index contributed by atoms with van der Waals surface area (Å²) < 4.78 is 3.43. The fourth-order valence-electron chi connectivity index (χ4n) is 2.89. The van der Waals surface area contributed by atoms with Gasteiger partial charge in [-0.1, -0.05) is 48.5 Å². The zero-order valence-corrected chi connectivity index (χ0v) is 14.0. The maximum absolute atomic E-state index is 4.85. The van der Waals surface area contributed by atoms with Gasteiger partial charge >= 0.3 is 0 Å². The lowest BCUT2D eigenvalue weighted by atomic mass is 10.0. The SMILES string of the molecule is Cc1ccccc1-c1c2sc(-c3ccccc3)nc2cc[n+]1C. The zero-order valence-electron chi connectivity index (χ0n) is 13.2. The highest BCUT2D eigenvalue weighted by atomic mass is 32.1. The molecule has 0 saturated carbocycles. The molecule has 2 heterocycles. The lowest BCUT2D eigenvalue weighted by Crippen LogP contribution is -2.30. The molecular weight excluding hydrogens is 300 g/mol. The van der Waals surface area contributed by atoms with Crippen LogP contribution >= 0.6 is 11.3 Å². The van der Waals surface area contributed by atoms with E-state index in [1.807, 2.05) is 6.07 Å². The summed E-state index contributed by atoms with van der Waals surface area (Å²) in [5.41, 5.74) is 6.02. The summed E-state index contributed by atoms with van der Waals surface area (Å²) in [4.78, 5) is 4.85. The van der Waals surface area contributed by atoms with E-state index in [-0.39, 0.29) is 0 Å². The second-order valence-corrected chi connectivity index (χ2v) is 6.69. The van der Waals surface area contributed by atoms with Crippen molar-refractivity contribution in [3.05, 3.63) is 72.4 Å². The molecule has 0 spiro atoms. The van der Waals surface area contributed by atoms with Crippen molar-refractivity contribution in [2.75, 3.05) is 0 Å². The second-order valence-electron chi connectivity index (χ2n) is 5.69. The van der Waals surface area contributed by atoms with E-state index in [0.717, 1.165) is 10.5 Å². The minimum atomic E-state index is 1.06. The molecule has 23 heavy (non-hydrogen) atoms. The smallest absolute Gasteiger partial charge is 0.232 e. The summed E-state index contributed by atoms with van der Waals surface area (Å²) in [6, 6.07) is 21.0. The molecule has 2 aromatic heterocycles. The van der Waals surface area contributed by atoms with Crippen LogP contribution in [-0.4, -0.2) is 4.98 Å². The number of aryl methyl sites for hydroxylation is 2. The number of thiazole rings is 1. The molecule has 0 fully saturated rings. The molecule has 0 saturated heterocycles. The van der Waals surface area contributed by atoms with Crippen LogP contribution in [-0.2, 0) is 7.05 Å². The van der Waals surface area contributed by atoms with Crippen molar-refractivity contribution < 1.29 is 4.57 Å². The number of aromatic nitrogens is 2. The van der Waals surface area contributed by atoms with Gasteiger partial charge in [-0.15, -0.1) is 11.3 Å². The lowest BCUT2D eigenvalue weighted by molar-refractivity contribution is -0.659. The van der Waals surface area contributed by atoms with Gasteiger partial charge in [0.05, 0.1) is 11.1 Å². The van der Waals surface area contributed by atoms with E-state index in [4.69, 9.17) is 4.98 Å². The van der Waals surface area contributed by atoms with Gasteiger partial charge < -0.3 is 0 Å². The number of hydrogen-bond acceptors (Lipinski definition) is 2. The van der Waals surface area contributed by atoms with Crippen LogP contribution in [0.15, 0.2) is 66.9 Å². The number of benzene rings is 2. The third kappa shape index (κ3) is 2.43. The van der Waals surface area contributed by atoms with Crippen molar-refractivity contribution in [3.8, 4) is 21.8 Å². The maximum atomic E-state index is 4.85. The van der Waals surface area contributed by atoms with E-state index in [1.165, 1.54) is 27.1 Å². The highest BCUT2D eigenvalue weighted by Gasteiger charge is 2.20. The summed E-state index contributed by atoms with van der Waals surface area (Å²) >= 11 is 1.76. The Kier molecular flexibility index (Phi) is 3.43. The van der Waals surface area contributed by atoms with E-state index in [9.17, 15) is 0 Å². The first kappa shape index (κ1) is 14.1. The van der Waals surface area contributed by atoms with Crippen molar-refractivity contribution in [2.45, 2.75) is 6.92 Å². The van der Waals surface area contributed by atoms with Crippen LogP contribution in [0.25, 0.3) is 32.0 Å². The van der Waals surface area contributed by atoms with Gasteiger partial charge in [0.25, 0.3) is 0 Å². The van der Waals surface area contributed by atoms with Crippen LogP contribution in [0, 0.1) is 6.92 Å². The molecule has 2 aromatic carbocycles. The van der Waals surface area contributed by atoms with Crippen molar-refractivity contribution in [2.24, 2.45) is 7.05 Å². The maximum Gasteiger partial charge on any atom is 0.232 e. The highest BCUT2D eigenvalue weighted by molar-refractivity contribution is 7.22. The third-order valence-corrected chi connectivity index (χ3v) is 5.23. The average molecular weight is 317 g/mol. The van der Waals surface area contributed by atoms with Crippen LogP contribution in [0.4, 0.5) is 0 Å². The summed E-state index contributed by atoms with van der Waals surface area (Å²) in [6.07, 6.45) is 2.10. The van der Waals surface area contributed by atoms with Crippen LogP contribution in [0.2, 0.25) is 0 Å². The fourth-order valence-corrected chi connectivity index (χ4v) is 4.05. The van der Waals surface area contributed by atoms with Gasteiger partial charge in [0, 0.05) is 11.6 Å². The van der Waals surface area contributed by atoms with E-state index < -0.39 is 0 Å². The highest BCUT2D eigenvalue weighted by Crippen LogP contribution is 2.35. The number of hydrogen-bond donors (Lipinski definition) is 0. The molecule has 0 aliphatic rings. The van der Waals surface area contributed by atoms with Gasteiger partial charge in [0.1, 0.15) is 16.8 Å². The van der Waals surface area contributed by atoms with Crippen LogP contribution in [0.3, 0.4) is 0 Å². The summed E-state index contributed by atoms with van der Waals surface area (Å²) in [5, 5.41) is 1.07. The van der Waals surface area contributed by atoms with Crippen molar-refractivity contribution >= 4 is 21.6 Å². The number of nitrogens with zero attached hydrogens (tertiary/aromatic N) is 2. The number of rotatable bonds is 2. The Morgan fingerprint density at radius 2 is 1.65 bits per heavy atom. The molecule has 0 radical (unpaired) electrons. The minimum Gasteiger partial charge on any atom is -0.236 e. The quantitative estimate of drug-likeness (QED) is 0.487. The Bertz CT molecular complexity index is 987. The Morgan fingerprint density at radius 1 is 0.913 bits per heavy atom. The molecular formula is C20H17N2S+. The first-order valence-electron chi connectivity index (χ1n) is 7.64. The number of pyridine rings is 1. The molecule has 0 aliphatic carbocycles. The predicted molar refractivity (Wildman–Crippen MR) is 96.4 cm³/mol. The first-order valence-corrected chi connectivity index (χ1v) is 8.46. The van der Waals surface area contributed by atoms with E-state index >= 15 is 0 Å². The standard InChI is InChI=1S/C20H17N2S/c1-14-8-6-7-11-16(14)18-19-17(12-13-22(18)2)21-20(23-19)15-9-4-3-5-10-15/h3-13H,1-2H3/q+1. The Hall–Kier alpha value is -2.52. The minimum absolute atomic E-state index is 1.06. The van der Waals surface area contributed by atoms with Crippen LogP contribution in [0.1, 0.15) is 5.56 Å². The van der Waals surface area contributed by atoms with Gasteiger partial charge in [-0.25, -0.2) is 4.98 Å².